The minimum atomic E-state index is -0.660. The average Bonchev–Trinajstić information content (AvgIpc) is 2.32. The second-order valence-corrected chi connectivity index (χ2v) is 5.01. The third-order valence-corrected chi connectivity index (χ3v) is 3.83. The largest absolute Gasteiger partial charge is 0.481 e. The second kappa shape index (κ2) is 5.42. The first-order chi connectivity index (χ1) is 8.65. The van der Waals surface area contributed by atoms with Crippen molar-refractivity contribution in [2.24, 2.45) is 5.92 Å². The molecule has 3 nitrogen and oxygen atoms in total. The SMILES string of the molecule is CCc1cccc(CC)c1NC1CC(C(=O)O)C1. The normalized spacial score (nSPS) is 22.3. The molecule has 0 saturated heterocycles. The second-order valence-electron chi connectivity index (χ2n) is 5.01. The summed E-state index contributed by atoms with van der Waals surface area (Å²) in [6.07, 6.45) is 3.50. The summed E-state index contributed by atoms with van der Waals surface area (Å²) >= 11 is 0. The summed E-state index contributed by atoms with van der Waals surface area (Å²) < 4.78 is 0. The summed E-state index contributed by atoms with van der Waals surface area (Å²) in [5, 5.41) is 12.4. The topological polar surface area (TPSA) is 49.3 Å². The molecule has 1 fully saturated rings. The number of carboxylic acid groups (broad SMARTS) is 1. The molecule has 0 radical (unpaired) electrons. The highest BCUT2D eigenvalue weighted by Gasteiger charge is 2.34. The molecule has 0 heterocycles. The molecule has 2 N–H and O–H groups in total. The van der Waals surface area contributed by atoms with Crippen molar-refractivity contribution in [3.63, 3.8) is 0 Å². The summed E-state index contributed by atoms with van der Waals surface area (Å²) in [6.45, 7) is 4.31. The number of hydrogen-bond donors (Lipinski definition) is 2. The summed E-state index contributed by atoms with van der Waals surface area (Å²) in [7, 11) is 0. The number of anilines is 1. The van der Waals surface area contributed by atoms with E-state index in [1.165, 1.54) is 16.8 Å². The lowest BCUT2D eigenvalue weighted by atomic mass is 9.80. The molecule has 0 aliphatic heterocycles. The van der Waals surface area contributed by atoms with Crippen molar-refractivity contribution in [1.29, 1.82) is 0 Å². The van der Waals surface area contributed by atoms with Gasteiger partial charge in [-0.15, -0.1) is 0 Å². The number of nitrogens with one attached hydrogen (secondary N) is 1. The molecular weight excluding hydrogens is 226 g/mol. The van der Waals surface area contributed by atoms with Crippen LogP contribution < -0.4 is 5.32 Å². The van der Waals surface area contributed by atoms with E-state index in [4.69, 9.17) is 5.11 Å². The fraction of sp³-hybridized carbons (Fsp3) is 0.533. The molecule has 1 aromatic rings. The number of para-hydroxylation sites is 1. The van der Waals surface area contributed by atoms with E-state index in [9.17, 15) is 4.79 Å². The molecule has 0 amide bonds. The number of aliphatic carboxylic acids is 1. The van der Waals surface area contributed by atoms with Gasteiger partial charge in [0.05, 0.1) is 5.92 Å². The monoisotopic (exact) mass is 247 g/mol. The predicted octanol–water partition coefficient (Wildman–Crippen LogP) is 3.09. The van der Waals surface area contributed by atoms with Crippen LogP contribution in [0, 0.1) is 5.92 Å². The predicted molar refractivity (Wildman–Crippen MR) is 73.0 cm³/mol. The summed E-state index contributed by atoms with van der Waals surface area (Å²) in [5.41, 5.74) is 3.89. The van der Waals surface area contributed by atoms with Crippen molar-refractivity contribution in [2.75, 3.05) is 5.32 Å². The molecule has 0 aromatic heterocycles. The van der Waals surface area contributed by atoms with Gasteiger partial charge in [0, 0.05) is 11.7 Å². The maximum absolute atomic E-state index is 10.8. The third kappa shape index (κ3) is 2.50. The Labute approximate surface area is 108 Å². The van der Waals surface area contributed by atoms with Crippen molar-refractivity contribution >= 4 is 11.7 Å². The Morgan fingerprint density at radius 3 is 2.28 bits per heavy atom. The lowest BCUT2D eigenvalue weighted by Crippen LogP contribution is -2.39. The zero-order valence-corrected chi connectivity index (χ0v) is 11.1. The van der Waals surface area contributed by atoms with E-state index >= 15 is 0 Å². The van der Waals surface area contributed by atoms with Gasteiger partial charge in [0.2, 0.25) is 0 Å². The van der Waals surface area contributed by atoms with Gasteiger partial charge in [0.25, 0.3) is 0 Å². The van der Waals surface area contributed by atoms with Crippen LogP contribution in [0.1, 0.15) is 37.8 Å². The van der Waals surface area contributed by atoms with E-state index in [0.717, 1.165) is 25.7 Å². The molecule has 0 bridgehead atoms. The van der Waals surface area contributed by atoms with E-state index in [2.05, 4.69) is 37.4 Å². The standard InChI is InChI=1S/C15H21NO2/c1-3-10-6-5-7-11(4-2)14(10)16-13-8-12(9-13)15(17)18/h5-7,12-13,16H,3-4,8-9H2,1-2H3,(H,17,18). The molecule has 3 heteroatoms. The Bertz CT molecular complexity index is 414. The quantitative estimate of drug-likeness (QED) is 0.840. The Morgan fingerprint density at radius 2 is 1.83 bits per heavy atom. The van der Waals surface area contributed by atoms with Crippen LogP contribution >= 0.6 is 0 Å². The van der Waals surface area contributed by atoms with E-state index in [1.807, 2.05) is 0 Å². The molecule has 1 saturated carbocycles. The first-order valence-electron chi connectivity index (χ1n) is 6.75. The molecule has 2 rings (SSSR count). The van der Waals surface area contributed by atoms with Gasteiger partial charge in [0.1, 0.15) is 0 Å². The first-order valence-corrected chi connectivity index (χ1v) is 6.75. The number of benzene rings is 1. The Morgan fingerprint density at radius 1 is 1.28 bits per heavy atom. The zero-order valence-electron chi connectivity index (χ0n) is 11.1. The number of rotatable bonds is 5. The van der Waals surface area contributed by atoms with Gasteiger partial charge in [-0.05, 0) is 36.8 Å². The van der Waals surface area contributed by atoms with Crippen molar-refractivity contribution in [3.8, 4) is 0 Å². The van der Waals surface area contributed by atoms with Gasteiger partial charge in [-0.25, -0.2) is 0 Å². The molecule has 0 unspecified atom stereocenters. The first kappa shape index (κ1) is 12.9. The molecular formula is C15H21NO2. The van der Waals surface area contributed by atoms with Crippen LogP contribution in [0.15, 0.2) is 18.2 Å². The van der Waals surface area contributed by atoms with Crippen LogP contribution in [-0.2, 0) is 17.6 Å². The van der Waals surface area contributed by atoms with Crippen molar-refractivity contribution < 1.29 is 9.90 Å². The van der Waals surface area contributed by atoms with Gasteiger partial charge in [-0.3, -0.25) is 4.79 Å². The van der Waals surface area contributed by atoms with Crippen molar-refractivity contribution in [3.05, 3.63) is 29.3 Å². The highest BCUT2D eigenvalue weighted by Crippen LogP contribution is 2.33. The Balaban J connectivity index is 2.07. The third-order valence-electron chi connectivity index (χ3n) is 3.83. The maximum Gasteiger partial charge on any atom is 0.306 e. The average molecular weight is 247 g/mol. The molecule has 1 aliphatic carbocycles. The van der Waals surface area contributed by atoms with Crippen molar-refractivity contribution in [1.82, 2.24) is 0 Å². The number of carbonyl (C=O) groups is 1. The van der Waals surface area contributed by atoms with Crippen LogP contribution in [0.25, 0.3) is 0 Å². The molecule has 1 aromatic carbocycles. The molecule has 1 aliphatic rings. The highest BCUT2D eigenvalue weighted by molar-refractivity contribution is 5.72. The lowest BCUT2D eigenvalue weighted by molar-refractivity contribution is -0.144. The van der Waals surface area contributed by atoms with E-state index in [1.54, 1.807) is 0 Å². The minimum absolute atomic E-state index is 0.152. The van der Waals surface area contributed by atoms with Crippen LogP contribution in [0.3, 0.4) is 0 Å². The maximum atomic E-state index is 10.8. The van der Waals surface area contributed by atoms with Crippen LogP contribution in [-0.4, -0.2) is 17.1 Å². The highest BCUT2D eigenvalue weighted by atomic mass is 16.4. The van der Waals surface area contributed by atoms with Crippen molar-refractivity contribution in [2.45, 2.75) is 45.6 Å². The Kier molecular flexibility index (Phi) is 3.90. The summed E-state index contributed by atoms with van der Waals surface area (Å²) in [6, 6.07) is 6.72. The number of aryl methyl sites for hydroxylation is 2. The molecule has 18 heavy (non-hydrogen) atoms. The van der Waals surface area contributed by atoms with Crippen LogP contribution in [0.2, 0.25) is 0 Å². The van der Waals surface area contributed by atoms with Gasteiger partial charge in [-0.1, -0.05) is 32.0 Å². The molecule has 98 valence electrons. The van der Waals surface area contributed by atoms with Gasteiger partial charge in [0.15, 0.2) is 0 Å². The zero-order chi connectivity index (χ0) is 13.1. The van der Waals surface area contributed by atoms with Crippen LogP contribution in [0.4, 0.5) is 5.69 Å². The lowest BCUT2D eigenvalue weighted by Gasteiger charge is -2.35. The van der Waals surface area contributed by atoms with Gasteiger partial charge in [-0.2, -0.15) is 0 Å². The fourth-order valence-corrected chi connectivity index (χ4v) is 2.57. The Hall–Kier alpha value is -1.51. The van der Waals surface area contributed by atoms with E-state index in [-0.39, 0.29) is 5.92 Å². The van der Waals surface area contributed by atoms with E-state index in [0.29, 0.717) is 6.04 Å². The fourth-order valence-electron chi connectivity index (χ4n) is 2.57. The molecule has 0 spiro atoms. The number of carboxylic acids is 1. The smallest absolute Gasteiger partial charge is 0.306 e. The summed E-state index contributed by atoms with van der Waals surface area (Å²) in [4.78, 5) is 10.8. The van der Waals surface area contributed by atoms with Gasteiger partial charge >= 0.3 is 5.97 Å². The van der Waals surface area contributed by atoms with E-state index < -0.39 is 5.97 Å². The number of hydrogen-bond acceptors (Lipinski definition) is 2. The van der Waals surface area contributed by atoms with Gasteiger partial charge < -0.3 is 10.4 Å². The summed E-state index contributed by atoms with van der Waals surface area (Å²) in [5.74, 6) is -0.811. The minimum Gasteiger partial charge on any atom is -0.481 e. The molecule has 0 atom stereocenters. The van der Waals surface area contributed by atoms with Crippen LogP contribution in [0.5, 0.6) is 0 Å².